The largest absolute Gasteiger partial charge is 0.361 e. The van der Waals surface area contributed by atoms with Crippen molar-refractivity contribution in [2.24, 2.45) is 0 Å². The molecule has 0 aliphatic carbocycles. The minimum absolute atomic E-state index is 0.193. The first kappa shape index (κ1) is 14.6. The van der Waals surface area contributed by atoms with Gasteiger partial charge in [0, 0.05) is 12.8 Å². The van der Waals surface area contributed by atoms with E-state index in [-0.39, 0.29) is 13.2 Å². The SMILES string of the molecule is C#CCCOP(=O)(OCCC#C)c1ccccc1. The van der Waals surface area contributed by atoms with Crippen LogP contribution in [0.5, 0.6) is 0 Å². The average Bonchev–Trinajstić information content (AvgIpc) is 2.40. The van der Waals surface area contributed by atoms with Crippen LogP contribution in [-0.2, 0) is 13.6 Å². The third-order valence-electron chi connectivity index (χ3n) is 2.09. The zero-order valence-electron chi connectivity index (χ0n) is 10.0. The number of hydrogen-bond acceptors (Lipinski definition) is 3. The van der Waals surface area contributed by atoms with Gasteiger partial charge in [-0.15, -0.1) is 24.7 Å². The van der Waals surface area contributed by atoms with Crippen molar-refractivity contribution in [2.45, 2.75) is 12.8 Å². The molecule has 4 heteroatoms. The molecule has 0 N–H and O–H groups in total. The lowest BCUT2D eigenvalue weighted by atomic mass is 10.4. The Bertz CT molecular complexity index is 458. The van der Waals surface area contributed by atoms with Crippen LogP contribution in [0.1, 0.15) is 12.8 Å². The third-order valence-corrected chi connectivity index (χ3v) is 4.06. The third kappa shape index (κ3) is 4.40. The predicted octanol–water partition coefficient (Wildman–Crippen LogP) is 2.58. The molecule has 0 amide bonds. The molecular weight excluding hydrogens is 247 g/mol. The number of rotatable bonds is 7. The van der Waals surface area contributed by atoms with Gasteiger partial charge in [0.05, 0.1) is 18.5 Å². The molecule has 0 atom stereocenters. The van der Waals surface area contributed by atoms with E-state index >= 15 is 0 Å². The molecule has 0 saturated carbocycles. The Balaban J connectivity index is 2.78. The van der Waals surface area contributed by atoms with Gasteiger partial charge in [-0.25, -0.2) is 0 Å². The van der Waals surface area contributed by atoms with Gasteiger partial charge in [-0.2, -0.15) is 0 Å². The van der Waals surface area contributed by atoms with Crippen molar-refractivity contribution in [1.82, 2.24) is 0 Å². The van der Waals surface area contributed by atoms with Gasteiger partial charge in [0.2, 0.25) is 0 Å². The first-order valence-electron chi connectivity index (χ1n) is 5.54. The fraction of sp³-hybridized carbons (Fsp3) is 0.286. The van der Waals surface area contributed by atoms with Gasteiger partial charge in [-0.05, 0) is 12.1 Å². The fourth-order valence-corrected chi connectivity index (χ4v) is 2.82. The lowest BCUT2D eigenvalue weighted by Gasteiger charge is -2.17. The zero-order valence-corrected chi connectivity index (χ0v) is 10.9. The molecular formula is C14H15O3P. The van der Waals surface area contributed by atoms with Crippen LogP contribution >= 0.6 is 7.60 Å². The molecule has 0 radical (unpaired) electrons. The molecule has 18 heavy (non-hydrogen) atoms. The number of terminal acetylenes is 2. The lowest BCUT2D eigenvalue weighted by Crippen LogP contribution is -2.11. The Morgan fingerprint density at radius 3 is 1.94 bits per heavy atom. The van der Waals surface area contributed by atoms with E-state index < -0.39 is 7.60 Å². The molecule has 1 rings (SSSR count). The molecule has 0 saturated heterocycles. The van der Waals surface area contributed by atoms with Gasteiger partial charge in [0.15, 0.2) is 0 Å². The normalized spacial score (nSPS) is 10.6. The monoisotopic (exact) mass is 262 g/mol. The second-order valence-electron chi connectivity index (χ2n) is 3.41. The quantitative estimate of drug-likeness (QED) is 0.430. The smallest absolute Gasteiger partial charge is 0.304 e. The van der Waals surface area contributed by atoms with E-state index in [4.69, 9.17) is 21.9 Å². The first-order valence-corrected chi connectivity index (χ1v) is 7.09. The van der Waals surface area contributed by atoms with Gasteiger partial charge in [-0.1, -0.05) is 18.2 Å². The molecule has 1 aromatic carbocycles. The van der Waals surface area contributed by atoms with Crippen LogP contribution < -0.4 is 5.30 Å². The molecule has 0 spiro atoms. The summed E-state index contributed by atoms with van der Waals surface area (Å²) >= 11 is 0. The van der Waals surface area contributed by atoms with E-state index in [2.05, 4.69) is 11.8 Å². The fourth-order valence-electron chi connectivity index (χ4n) is 1.25. The van der Waals surface area contributed by atoms with Crippen LogP contribution in [0.2, 0.25) is 0 Å². The van der Waals surface area contributed by atoms with Crippen LogP contribution in [0.3, 0.4) is 0 Å². The van der Waals surface area contributed by atoms with Crippen LogP contribution in [0.15, 0.2) is 30.3 Å². The minimum atomic E-state index is -3.32. The van der Waals surface area contributed by atoms with Crippen molar-refractivity contribution < 1.29 is 13.6 Å². The topological polar surface area (TPSA) is 35.5 Å². The molecule has 0 aromatic heterocycles. The summed E-state index contributed by atoms with van der Waals surface area (Å²) in [5, 5.41) is 0.513. The number of hydrogen-bond donors (Lipinski definition) is 0. The lowest BCUT2D eigenvalue weighted by molar-refractivity contribution is 0.220. The van der Waals surface area contributed by atoms with E-state index in [1.807, 2.05) is 6.07 Å². The van der Waals surface area contributed by atoms with E-state index in [0.717, 1.165) is 0 Å². The summed E-state index contributed by atoms with van der Waals surface area (Å²) in [6, 6.07) is 8.78. The Hall–Kier alpha value is -1.51. The van der Waals surface area contributed by atoms with Crippen molar-refractivity contribution in [3.05, 3.63) is 30.3 Å². The molecule has 1 aromatic rings. The Labute approximate surface area is 108 Å². The molecule has 0 heterocycles. The zero-order chi connectivity index (χ0) is 13.3. The molecule has 0 aliphatic heterocycles. The van der Waals surface area contributed by atoms with Crippen LogP contribution in [-0.4, -0.2) is 13.2 Å². The second kappa shape index (κ2) is 7.75. The van der Waals surface area contributed by atoms with Gasteiger partial charge >= 0.3 is 7.60 Å². The first-order chi connectivity index (χ1) is 8.73. The highest BCUT2D eigenvalue weighted by atomic mass is 31.2. The Morgan fingerprint density at radius 2 is 1.50 bits per heavy atom. The average molecular weight is 262 g/mol. The molecule has 3 nitrogen and oxygen atoms in total. The molecule has 0 aliphatic rings. The van der Waals surface area contributed by atoms with Gasteiger partial charge in [0.25, 0.3) is 0 Å². The van der Waals surface area contributed by atoms with Crippen molar-refractivity contribution in [3.63, 3.8) is 0 Å². The summed E-state index contributed by atoms with van der Waals surface area (Å²) in [4.78, 5) is 0. The number of benzene rings is 1. The van der Waals surface area contributed by atoms with Crippen molar-refractivity contribution in [1.29, 1.82) is 0 Å². The van der Waals surface area contributed by atoms with Gasteiger partial charge in [0.1, 0.15) is 0 Å². The summed E-state index contributed by atoms with van der Waals surface area (Å²) in [6.45, 7) is 0.386. The molecule has 94 valence electrons. The Morgan fingerprint density at radius 1 is 1.00 bits per heavy atom. The summed E-state index contributed by atoms with van der Waals surface area (Å²) in [5.41, 5.74) is 0. The van der Waals surface area contributed by atoms with Crippen LogP contribution in [0.25, 0.3) is 0 Å². The highest BCUT2D eigenvalue weighted by Gasteiger charge is 2.26. The standard InChI is InChI=1S/C14H15O3P/c1-3-5-12-16-18(15,17-13-6-4-2)14-10-8-7-9-11-14/h1-2,7-11H,5-6,12-13H2. The van der Waals surface area contributed by atoms with Gasteiger partial charge in [-0.3, -0.25) is 4.57 Å². The van der Waals surface area contributed by atoms with Crippen molar-refractivity contribution in [3.8, 4) is 24.7 Å². The molecule has 0 bridgehead atoms. The molecule has 0 unspecified atom stereocenters. The van der Waals surface area contributed by atoms with E-state index in [0.29, 0.717) is 18.1 Å². The highest BCUT2D eigenvalue weighted by Crippen LogP contribution is 2.47. The van der Waals surface area contributed by atoms with Crippen molar-refractivity contribution >= 4 is 12.9 Å². The summed E-state index contributed by atoms with van der Waals surface area (Å²) in [5.74, 6) is 4.85. The van der Waals surface area contributed by atoms with E-state index in [1.165, 1.54) is 0 Å². The maximum absolute atomic E-state index is 12.6. The second-order valence-corrected chi connectivity index (χ2v) is 5.44. The Kier molecular flexibility index (Phi) is 6.26. The van der Waals surface area contributed by atoms with Gasteiger partial charge < -0.3 is 9.05 Å². The van der Waals surface area contributed by atoms with Crippen LogP contribution in [0.4, 0.5) is 0 Å². The van der Waals surface area contributed by atoms with E-state index in [9.17, 15) is 4.57 Å². The van der Waals surface area contributed by atoms with E-state index in [1.54, 1.807) is 24.3 Å². The summed E-state index contributed by atoms with van der Waals surface area (Å²) in [6.07, 6.45) is 11.0. The maximum Gasteiger partial charge on any atom is 0.361 e. The maximum atomic E-state index is 12.6. The van der Waals surface area contributed by atoms with Crippen LogP contribution in [0, 0.1) is 24.7 Å². The summed E-state index contributed by atoms with van der Waals surface area (Å²) < 4.78 is 23.2. The highest BCUT2D eigenvalue weighted by molar-refractivity contribution is 7.62. The summed E-state index contributed by atoms with van der Waals surface area (Å²) in [7, 11) is -3.32. The minimum Gasteiger partial charge on any atom is -0.304 e. The predicted molar refractivity (Wildman–Crippen MR) is 72.5 cm³/mol. The van der Waals surface area contributed by atoms with Crippen molar-refractivity contribution in [2.75, 3.05) is 13.2 Å². The molecule has 0 fully saturated rings.